The second-order valence-electron chi connectivity index (χ2n) is 5.81. The molecule has 130 valence electrons. The summed E-state index contributed by atoms with van der Waals surface area (Å²) in [5, 5.41) is 0.414. The van der Waals surface area contributed by atoms with Gasteiger partial charge in [0.2, 0.25) is 0 Å². The van der Waals surface area contributed by atoms with Crippen LogP contribution in [0.2, 0.25) is 0 Å². The van der Waals surface area contributed by atoms with E-state index in [1.54, 1.807) is 23.1 Å². The van der Waals surface area contributed by atoms with Crippen LogP contribution in [0.25, 0.3) is 10.1 Å². The summed E-state index contributed by atoms with van der Waals surface area (Å²) in [5.41, 5.74) is 0. The number of thiophene rings is 1. The third-order valence-corrected chi connectivity index (χ3v) is 7.00. The molecule has 0 radical (unpaired) electrons. The van der Waals surface area contributed by atoms with Crippen LogP contribution in [0.4, 0.5) is 4.39 Å². The Morgan fingerprint density at radius 3 is 2.88 bits per heavy atom. The topological polar surface area (TPSA) is 63.7 Å². The molecule has 1 aliphatic heterocycles. The van der Waals surface area contributed by atoms with E-state index in [4.69, 9.17) is 4.74 Å². The van der Waals surface area contributed by atoms with E-state index >= 15 is 0 Å². The van der Waals surface area contributed by atoms with E-state index < -0.39 is 9.84 Å². The van der Waals surface area contributed by atoms with E-state index in [1.165, 1.54) is 24.5 Å². The lowest BCUT2D eigenvalue weighted by Crippen LogP contribution is -2.42. The van der Waals surface area contributed by atoms with Gasteiger partial charge in [0, 0.05) is 29.8 Å². The van der Waals surface area contributed by atoms with Crippen LogP contribution < -0.4 is 0 Å². The summed E-state index contributed by atoms with van der Waals surface area (Å²) in [5.74, 6) is -0.568. The van der Waals surface area contributed by atoms with Gasteiger partial charge in [-0.05, 0) is 24.6 Å². The van der Waals surface area contributed by atoms with Gasteiger partial charge in [-0.3, -0.25) is 4.79 Å². The monoisotopic (exact) mass is 371 g/mol. The number of hydrogen-bond acceptors (Lipinski definition) is 5. The third-order valence-electron chi connectivity index (χ3n) is 4.17. The van der Waals surface area contributed by atoms with Crippen molar-refractivity contribution < 1.29 is 22.3 Å². The van der Waals surface area contributed by atoms with Gasteiger partial charge in [0.05, 0.1) is 23.0 Å². The van der Waals surface area contributed by atoms with Crippen LogP contribution >= 0.6 is 11.3 Å². The quantitative estimate of drug-likeness (QED) is 0.809. The van der Waals surface area contributed by atoms with Crippen molar-refractivity contribution in [2.45, 2.75) is 12.5 Å². The average Bonchev–Trinajstić information content (AvgIpc) is 3.12. The lowest BCUT2D eigenvalue weighted by atomic mass is 10.2. The molecule has 24 heavy (non-hydrogen) atoms. The van der Waals surface area contributed by atoms with Gasteiger partial charge in [0.25, 0.3) is 5.91 Å². The molecule has 1 aliphatic rings. The average molecular weight is 371 g/mol. The van der Waals surface area contributed by atoms with Crippen molar-refractivity contribution in [3.8, 4) is 0 Å². The Hall–Kier alpha value is -1.51. The summed E-state index contributed by atoms with van der Waals surface area (Å²) in [4.78, 5) is 14.9. The smallest absolute Gasteiger partial charge is 0.264 e. The molecule has 0 saturated carbocycles. The molecule has 2 heterocycles. The van der Waals surface area contributed by atoms with E-state index in [-0.39, 0.29) is 29.3 Å². The standard InChI is InChI=1S/C16H18FNO4S2/c1-22-7-6-18(11-5-8-24(20,21)10-11)16(19)15-9-12-13(17)3-2-4-14(12)23-15/h2-4,9,11H,5-8,10H2,1H3. The summed E-state index contributed by atoms with van der Waals surface area (Å²) in [7, 11) is -1.57. The van der Waals surface area contributed by atoms with E-state index in [0.29, 0.717) is 34.5 Å². The summed E-state index contributed by atoms with van der Waals surface area (Å²) in [6, 6.07) is 5.91. The number of fused-ring (bicyclic) bond motifs is 1. The Labute approximate surface area is 143 Å². The maximum Gasteiger partial charge on any atom is 0.264 e. The molecule has 0 spiro atoms. The largest absolute Gasteiger partial charge is 0.383 e. The van der Waals surface area contributed by atoms with Crippen molar-refractivity contribution >= 4 is 37.2 Å². The molecule has 1 unspecified atom stereocenters. The number of halogens is 1. The fraction of sp³-hybridized carbons (Fsp3) is 0.438. The highest BCUT2D eigenvalue weighted by molar-refractivity contribution is 7.91. The fourth-order valence-corrected chi connectivity index (χ4v) is 5.70. The van der Waals surface area contributed by atoms with Gasteiger partial charge in [-0.1, -0.05) is 6.07 Å². The molecular formula is C16H18FNO4S2. The molecule has 5 nitrogen and oxygen atoms in total. The first-order valence-electron chi connectivity index (χ1n) is 7.59. The molecule has 8 heteroatoms. The summed E-state index contributed by atoms with van der Waals surface area (Å²) in [6.45, 7) is 0.633. The molecule has 0 N–H and O–H groups in total. The number of carbonyl (C=O) groups excluding carboxylic acids is 1. The number of hydrogen-bond donors (Lipinski definition) is 0. The molecule has 1 fully saturated rings. The summed E-state index contributed by atoms with van der Waals surface area (Å²) in [6.07, 6.45) is 0.428. The van der Waals surface area contributed by atoms with Gasteiger partial charge in [-0.15, -0.1) is 11.3 Å². The number of methoxy groups -OCH3 is 1. The van der Waals surface area contributed by atoms with Crippen LogP contribution in [-0.4, -0.2) is 57.0 Å². The molecule has 0 aliphatic carbocycles. The Balaban J connectivity index is 1.91. The van der Waals surface area contributed by atoms with Crippen LogP contribution in [0.1, 0.15) is 16.1 Å². The van der Waals surface area contributed by atoms with Crippen molar-refractivity contribution in [2.24, 2.45) is 0 Å². The van der Waals surface area contributed by atoms with Crippen LogP contribution in [0, 0.1) is 5.82 Å². The summed E-state index contributed by atoms with van der Waals surface area (Å²) < 4.78 is 43.1. The maximum absolute atomic E-state index is 13.9. The zero-order valence-electron chi connectivity index (χ0n) is 13.2. The van der Waals surface area contributed by atoms with Crippen molar-refractivity contribution in [1.29, 1.82) is 0 Å². The Morgan fingerprint density at radius 2 is 2.25 bits per heavy atom. The fourth-order valence-electron chi connectivity index (χ4n) is 2.93. The van der Waals surface area contributed by atoms with E-state index in [9.17, 15) is 17.6 Å². The van der Waals surface area contributed by atoms with E-state index in [1.807, 2.05) is 0 Å². The first-order valence-corrected chi connectivity index (χ1v) is 10.2. The molecule has 1 aromatic heterocycles. The van der Waals surface area contributed by atoms with Gasteiger partial charge in [0.1, 0.15) is 5.82 Å². The predicted octanol–water partition coefficient (Wildman–Crippen LogP) is 2.32. The number of rotatable bonds is 5. The van der Waals surface area contributed by atoms with E-state index in [2.05, 4.69) is 0 Å². The van der Waals surface area contributed by atoms with Gasteiger partial charge in [0.15, 0.2) is 9.84 Å². The lowest BCUT2D eigenvalue weighted by molar-refractivity contribution is 0.0629. The lowest BCUT2D eigenvalue weighted by Gasteiger charge is -2.27. The van der Waals surface area contributed by atoms with Crippen molar-refractivity contribution in [1.82, 2.24) is 4.90 Å². The molecular weight excluding hydrogens is 353 g/mol. The zero-order valence-corrected chi connectivity index (χ0v) is 14.8. The Bertz CT molecular complexity index is 862. The number of sulfone groups is 1. The van der Waals surface area contributed by atoms with Crippen LogP contribution in [-0.2, 0) is 14.6 Å². The minimum atomic E-state index is -3.10. The van der Waals surface area contributed by atoms with Gasteiger partial charge in [-0.25, -0.2) is 12.8 Å². The highest BCUT2D eigenvalue weighted by atomic mass is 32.2. The highest BCUT2D eigenvalue weighted by Gasteiger charge is 2.35. The van der Waals surface area contributed by atoms with Gasteiger partial charge in [-0.2, -0.15) is 0 Å². The molecule has 1 aromatic carbocycles. The minimum absolute atomic E-state index is 0.0261. The maximum atomic E-state index is 13.9. The zero-order chi connectivity index (χ0) is 17.3. The first kappa shape index (κ1) is 17.3. The third kappa shape index (κ3) is 3.45. The number of benzene rings is 1. The van der Waals surface area contributed by atoms with Crippen molar-refractivity contribution in [3.05, 3.63) is 35.0 Å². The highest BCUT2D eigenvalue weighted by Crippen LogP contribution is 2.30. The second-order valence-corrected chi connectivity index (χ2v) is 9.12. The number of nitrogens with zero attached hydrogens (tertiary/aromatic N) is 1. The first-order chi connectivity index (χ1) is 11.4. The number of carbonyl (C=O) groups is 1. The number of amides is 1. The van der Waals surface area contributed by atoms with Crippen molar-refractivity contribution in [2.75, 3.05) is 31.8 Å². The van der Waals surface area contributed by atoms with Gasteiger partial charge >= 0.3 is 0 Å². The van der Waals surface area contributed by atoms with Crippen LogP contribution in [0.15, 0.2) is 24.3 Å². The molecule has 2 aromatic rings. The Morgan fingerprint density at radius 1 is 1.46 bits per heavy atom. The minimum Gasteiger partial charge on any atom is -0.383 e. The molecule has 1 amide bonds. The molecule has 1 saturated heterocycles. The van der Waals surface area contributed by atoms with Crippen LogP contribution in [0.5, 0.6) is 0 Å². The summed E-state index contributed by atoms with van der Waals surface area (Å²) >= 11 is 1.22. The normalized spacial score (nSPS) is 19.7. The molecule has 0 bridgehead atoms. The second kappa shape index (κ2) is 6.78. The van der Waals surface area contributed by atoms with E-state index in [0.717, 1.165) is 0 Å². The Kier molecular flexibility index (Phi) is 4.89. The number of ether oxygens (including phenoxy) is 1. The van der Waals surface area contributed by atoms with Gasteiger partial charge < -0.3 is 9.64 Å². The van der Waals surface area contributed by atoms with Crippen molar-refractivity contribution in [3.63, 3.8) is 0 Å². The van der Waals surface area contributed by atoms with Crippen LogP contribution in [0.3, 0.4) is 0 Å². The predicted molar refractivity (Wildman–Crippen MR) is 91.8 cm³/mol. The molecule has 1 atom stereocenters. The SMILES string of the molecule is COCCN(C(=O)c1cc2c(F)cccc2s1)C1CCS(=O)(=O)C1. The molecule has 3 rings (SSSR count).